The van der Waals surface area contributed by atoms with E-state index in [2.05, 4.69) is 5.32 Å². The molecule has 0 aliphatic carbocycles. The number of nitrogens with zero attached hydrogens (tertiary/aromatic N) is 1. The molecule has 5 nitrogen and oxygen atoms in total. The van der Waals surface area contributed by atoms with Crippen LogP contribution in [0.2, 0.25) is 10.0 Å². The molecule has 0 aliphatic rings. The van der Waals surface area contributed by atoms with Gasteiger partial charge in [-0.3, -0.25) is 9.10 Å². The highest BCUT2D eigenvalue weighted by Crippen LogP contribution is 2.34. The lowest BCUT2D eigenvalue weighted by Gasteiger charge is -2.24. The number of hydrogen-bond donors (Lipinski definition) is 1. The lowest BCUT2D eigenvalue weighted by atomic mass is 10.1. The summed E-state index contributed by atoms with van der Waals surface area (Å²) in [4.78, 5) is 12.5. The van der Waals surface area contributed by atoms with Gasteiger partial charge in [-0.15, -0.1) is 0 Å². The van der Waals surface area contributed by atoms with E-state index in [1.807, 2.05) is 31.2 Å². The van der Waals surface area contributed by atoms with Crippen LogP contribution in [0.25, 0.3) is 0 Å². The number of sulfonamides is 1. The summed E-state index contributed by atoms with van der Waals surface area (Å²) in [6.45, 7) is 2.00. The second kappa shape index (κ2) is 9.08. The standard InChI is InChI=1S/C22H20Cl2N2O3S/c1-15-5-3-6-18(13-15)25-22(27)17-11-9-16(10-12-17)14-26(30(2,28)29)20-8-4-7-19(23)21(20)24/h3-13H,14H2,1-2H3,(H,25,27). The topological polar surface area (TPSA) is 66.5 Å². The minimum absolute atomic E-state index is 0.0542. The molecule has 0 aliphatic heterocycles. The minimum Gasteiger partial charge on any atom is -0.322 e. The van der Waals surface area contributed by atoms with E-state index < -0.39 is 10.0 Å². The number of hydrogen-bond acceptors (Lipinski definition) is 3. The first-order valence-corrected chi connectivity index (χ1v) is 11.6. The van der Waals surface area contributed by atoms with Crippen molar-refractivity contribution in [2.75, 3.05) is 15.9 Å². The molecule has 0 heterocycles. The van der Waals surface area contributed by atoms with Gasteiger partial charge in [-0.2, -0.15) is 0 Å². The highest BCUT2D eigenvalue weighted by atomic mass is 35.5. The van der Waals surface area contributed by atoms with Crippen LogP contribution in [0.5, 0.6) is 0 Å². The van der Waals surface area contributed by atoms with Gasteiger partial charge in [0.2, 0.25) is 10.0 Å². The molecular weight excluding hydrogens is 443 g/mol. The third-order valence-electron chi connectivity index (χ3n) is 4.42. The Bertz CT molecular complexity index is 1180. The van der Waals surface area contributed by atoms with Crippen LogP contribution in [0.1, 0.15) is 21.5 Å². The van der Waals surface area contributed by atoms with Crippen LogP contribution in [0.15, 0.2) is 66.7 Å². The zero-order chi connectivity index (χ0) is 21.9. The van der Waals surface area contributed by atoms with Crippen LogP contribution in [0, 0.1) is 6.92 Å². The molecule has 0 spiro atoms. The van der Waals surface area contributed by atoms with E-state index in [4.69, 9.17) is 23.2 Å². The second-order valence-corrected chi connectivity index (χ2v) is 9.56. The van der Waals surface area contributed by atoms with Crippen molar-refractivity contribution in [3.05, 3.63) is 93.5 Å². The van der Waals surface area contributed by atoms with Gasteiger partial charge in [0.05, 0.1) is 28.5 Å². The summed E-state index contributed by atoms with van der Waals surface area (Å²) in [6.07, 6.45) is 1.11. The molecule has 0 unspecified atom stereocenters. The first kappa shape index (κ1) is 22.2. The predicted molar refractivity (Wildman–Crippen MR) is 123 cm³/mol. The molecule has 3 aromatic rings. The van der Waals surface area contributed by atoms with Gasteiger partial charge in [0, 0.05) is 11.3 Å². The molecule has 156 valence electrons. The average molecular weight is 463 g/mol. The summed E-state index contributed by atoms with van der Waals surface area (Å²) in [5, 5.41) is 3.28. The zero-order valence-electron chi connectivity index (χ0n) is 16.4. The maximum Gasteiger partial charge on any atom is 0.255 e. The van der Waals surface area contributed by atoms with Crippen molar-refractivity contribution < 1.29 is 13.2 Å². The largest absolute Gasteiger partial charge is 0.322 e. The molecule has 0 saturated carbocycles. The van der Waals surface area contributed by atoms with Crippen molar-refractivity contribution in [3.8, 4) is 0 Å². The SMILES string of the molecule is Cc1cccc(NC(=O)c2ccc(CN(c3cccc(Cl)c3Cl)S(C)(=O)=O)cc2)c1. The van der Waals surface area contributed by atoms with Gasteiger partial charge in [-0.05, 0) is 54.4 Å². The normalized spacial score (nSPS) is 11.2. The van der Waals surface area contributed by atoms with Gasteiger partial charge >= 0.3 is 0 Å². The van der Waals surface area contributed by atoms with Crippen LogP contribution in [0.3, 0.4) is 0 Å². The highest BCUT2D eigenvalue weighted by Gasteiger charge is 2.21. The zero-order valence-corrected chi connectivity index (χ0v) is 18.7. The number of carbonyl (C=O) groups is 1. The fraction of sp³-hybridized carbons (Fsp3) is 0.136. The Kier molecular flexibility index (Phi) is 6.71. The predicted octanol–water partition coefficient (Wildman–Crippen LogP) is 5.52. The molecule has 3 rings (SSSR count). The highest BCUT2D eigenvalue weighted by molar-refractivity contribution is 7.92. The molecule has 0 bridgehead atoms. The van der Waals surface area contributed by atoms with E-state index in [0.29, 0.717) is 22.5 Å². The van der Waals surface area contributed by atoms with Gasteiger partial charge in [0.25, 0.3) is 5.91 Å². The maximum atomic E-state index is 12.5. The van der Waals surface area contributed by atoms with E-state index in [1.165, 1.54) is 4.31 Å². The van der Waals surface area contributed by atoms with Crippen molar-refractivity contribution in [3.63, 3.8) is 0 Å². The number of halogens is 2. The lowest BCUT2D eigenvalue weighted by Crippen LogP contribution is -2.29. The van der Waals surface area contributed by atoms with Gasteiger partial charge in [0.15, 0.2) is 0 Å². The third-order valence-corrected chi connectivity index (χ3v) is 6.35. The van der Waals surface area contributed by atoms with E-state index >= 15 is 0 Å². The van der Waals surface area contributed by atoms with Crippen LogP contribution in [0.4, 0.5) is 11.4 Å². The fourth-order valence-electron chi connectivity index (χ4n) is 2.92. The number of aryl methyl sites for hydroxylation is 1. The molecule has 8 heteroatoms. The summed E-state index contributed by atoms with van der Waals surface area (Å²) < 4.78 is 25.9. The monoisotopic (exact) mass is 462 g/mol. The number of anilines is 2. The van der Waals surface area contributed by atoms with Crippen LogP contribution in [-0.2, 0) is 16.6 Å². The summed E-state index contributed by atoms with van der Waals surface area (Å²) in [5.41, 5.74) is 3.22. The molecule has 0 aromatic heterocycles. The molecule has 0 radical (unpaired) electrons. The molecular formula is C22H20Cl2N2O3S. The average Bonchev–Trinajstić information content (AvgIpc) is 2.68. The number of amides is 1. The first-order chi connectivity index (χ1) is 14.1. The van der Waals surface area contributed by atoms with Crippen molar-refractivity contribution in [1.82, 2.24) is 0 Å². The van der Waals surface area contributed by atoms with E-state index in [-0.39, 0.29) is 22.5 Å². The summed E-state index contributed by atoms with van der Waals surface area (Å²) in [5.74, 6) is -0.245. The number of nitrogens with one attached hydrogen (secondary N) is 1. The van der Waals surface area contributed by atoms with Crippen molar-refractivity contribution in [2.45, 2.75) is 13.5 Å². The summed E-state index contributed by atoms with van der Waals surface area (Å²) in [6, 6.07) is 19.1. The number of benzene rings is 3. The quantitative estimate of drug-likeness (QED) is 0.524. The first-order valence-electron chi connectivity index (χ1n) is 9.04. The Morgan fingerprint density at radius 1 is 1.00 bits per heavy atom. The molecule has 1 N–H and O–H groups in total. The van der Waals surface area contributed by atoms with Crippen molar-refractivity contribution in [2.24, 2.45) is 0 Å². The fourth-order valence-corrected chi connectivity index (χ4v) is 4.26. The Morgan fingerprint density at radius 2 is 1.67 bits per heavy atom. The van der Waals surface area contributed by atoms with E-state index in [0.717, 1.165) is 11.8 Å². The van der Waals surface area contributed by atoms with Gasteiger partial charge < -0.3 is 5.32 Å². The minimum atomic E-state index is -3.62. The number of carbonyl (C=O) groups excluding carboxylic acids is 1. The number of rotatable bonds is 6. The summed E-state index contributed by atoms with van der Waals surface area (Å²) in [7, 11) is -3.62. The molecule has 1 amide bonds. The van der Waals surface area contributed by atoms with Crippen molar-refractivity contribution >= 4 is 50.5 Å². The summed E-state index contributed by atoms with van der Waals surface area (Å²) >= 11 is 12.3. The Hall–Kier alpha value is -2.54. The second-order valence-electron chi connectivity index (χ2n) is 6.86. The van der Waals surface area contributed by atoms with E-state index in [1.54, 1.807) is 42.5 Å². The molecule has 30 heavy (non-hydrogen) atoms. The molecule has 0 atom stereocenters. The lowest BCUT2D eigenvalue weighted by molar-refractivity contribution is 0.102. The Balaban J connectivity index is 1.80. The third kappa shape index (κ3) is 5.33. The van der Waals surface area contributed by atoms with E-state index in [9.17, 15) is 13.2 Å². The molecule has 0 saturated heterocycles. The Morgan fingerprint density at radius 3 is 2.30 bits per heavy atom. The van der Waals surface area contributed by atoms with Gasteiger partial charge in [-0.1, -0.05) is 53.5 Å². The smallest absolute Gasteiger partial charge is 0.255 e. The molecule has 0 fully saturated rings. The van der Waals surface area contributed by atoms with Crippen molar-refractivity contribution in [1.29, 1.82) is 0 Å². The van der Waals surface area contributed by atoms with Gasteiger partial charge in [0.1, 0.15) is 0 Å². The van der Waals surface area contributed by atoms with Crippen LogP contribution in [-0.4, -0.2) is 20.6 Å². The van der Waals surface area contributed by atoms with Gasteiger partial charge in [-0.25, -0.2) is 8.42 Å². The molecule has 3 aromatic carbocycles. The van der Waals surface area contributed by atoms with Crippen LogP contribution >= 0.6 is 23.2 Å². The van der Waals surface area contributed by atoms with Crippen LogP contribution < -0.4 is 9.62 Å². The maximum absolute atomic E-state index is 12.5. The Labute approximate surface area is 186 Å².